The van der Waals surface area contributed by atoms with Crippen molar-refractivity contribution in [3.05, 3.63) is 125 Å². The quantitative estimate of drug-likeness (QED) is 0.0933. The maximum atomic E-state index is 13.5. The molecule has 0 aliphatic heterocycles. The van der Waals surface area contributed by atoms with E-state index in [4.69, 9.17) is 13.9 Å². The van der Waals surface area contributed by atoms with Crippen LogP contribution < -0.4 is 9.47 Å². The minimum atomic E-state index is -0.548. The average Bonchev–Trinajstić information content (AvgIpc) is 3.32. The molecule has 5 nitrogen and oxygen atoms in total. The third-order valence-electron chi connectivity index (χ3n) is 6.04. The normalized spacial score (nSPS) is 11.1. The molecule has 0 saturated heterocycles. The number of ketones is 1. The van der Waals surface area contributed by atoms with E-state index in [0.717, 1.165) is 16.7 Å². The summed E-state index contributed by atoms with van der Waals surface area (Å²) in [4.78, 5) is 26.1. The predicted octanol–water partition coefficient (Wildman–Crippen LogP) is 7.92. The number of hydrogen-bond donors (Lipinski definition) is 0. The Morgan fingerprint density at radius 3 is 2.39 bits per heavy atom. The maximum Gasteiger partial charge on any atom is 0.348 e. The molecule has 188 valence electrons. The van der Waals surface area contributed by atoms with Gasteiger partial charge < -0.3 is 13.9 Å². The van der Waals surface area contributed by atoms with Gasteiger partial charge in [0.25, 0.3) is 0 Å². The first-order chi connectivity index (χ1) is 18.5. The van der Waals surface area contributed by atoms with Crippen LogP contribution in [0.1, 0.15) is 38.8 Å². The van der Waals surface area contributed by atoms with E-state index in [9.17, 15) is 9.59 Å². The highest BCUT2D eigenvalue weighted by Crippen LogP contribution is 2.36. The number of esters is 1. The number of fused-ring (bicyclic) bond motifs is 1. The Hall–Kier alpha value is -4.90. The fourth-order valence-electron chi connectivity index (χ4n) is 4.15. The lowest BCUT2D eigenvalue weighted by Gasteiger charge is -2.07. The third kappa shape index (κ3) is 5.42. The van der Waals surface area contributed by atoms with Crippen LogP contribution in [0.4, 0.5) is 0 Å². The van der Waals surface area contributed by atoms with Crippen molar-refractivity contribution in [1.82, 2.24) is 0 Å². The third-order valence-corrected chi connectivity index (χ3v) is 6.04. The summed E-state index contributed by atoms with van der Waals surface area (Å²) in [5.41, 5.74) is 4.08. The van der Waals surface area contributed by atoms with Gasteiger partial charge >= 0.3 is 5.97 Å². The predicted molar refractivity (Wildman–Crippen MR) is 149 cm³/mol. The van der Waals surface area contributed by atoms with Crippen LogP contribution in [0.2, 0.25) is 0 Å². The number of aryl methyl sites for hydroxylation is 1. The van der Waals surface area contributed by atoms with Crippen molar-refractivity contribution < 1.29 is 23.5 Å². The van der Waals surface area contributed by atoms with E-state index in [1.165, 1.54) is 6.08 Å². The molecule has 0 saturated carbocycles. The molecule has 0 bridgehead atoms. The van der Waals surface area contributed by atoms with E-state index >= 15 is 0 Å². The van der Waals surface area contributed by atoms with Crippen LogP contribution in [0, 0.1) is 6.92 Å². The molecule has 1 aromatic heterocycles. The molecule has 0 atom stereocenters. The van der Waals surface area contributed by atoms with Gasteiger partial charge in [-0.3, -0.25) is 4.79 Å². The zero-order valence-electron chi connectivity index (χ0n) is 21.1. The Balaban J connectivity index is 1.44. The summed E-state index contributed by atoms with van der Waals surface area (Å²) in [7, 11) is 0. The molecule has 38 heavy (non-hydrogen) atoms. The van der Waals surface area contributed by atoms with Crippen molar-refractivity contribution in [2.75, 3.05) is 6.61 Å². The summed E-state index contributed by atoms with van der Waals surface area (Å²) in [6.07, 6.45) is 3.22. The molecule has 0 aliphatic rings. The fraction of sp³-hybridized carbons (Fsp3) is 0.0909. The highest BCUT2D eigenvalue weighted by Gasteiger charge is 2.24. The van der Waals surface area contributed by atoms with Crippen molar-refractivity contribution >= 4 is 28.8 Å². The molecular formula is C33H26O5. The Kier molecular flexibility index (Phi) is 7.18. The zero-order valence-corrected chi connectivity index (χ0v) is 21.1. The molecular weight excluding hydrogens is 476 g/mol. The summed E-state index contributed by atoms with van der Waals surface area (Å²) in [6, 6.07) is 29.3. The summed E-state index contributed by atoms with van der Waals surface area (Å²) in [5.74, 6) is 0.774. The van der Waals surface area contributed by atoms with Gasteiger partial charge in [-0.1, -0.05) is 78.4 Å². The smallest absolute Gasteiger partial charge is 0.348 e. The molecule has 0 aliphatic carbocycles. The molecule has 0 radical (unpaired) electrons. The standard InChI is InChI=1S/C33H26O5/c1-3-36-26-17-19-30-28(21-26)31(32(38-30)25-9-5-4-6-10-25)33(35)37-27-11-7-8-23(20-27)14-18-29(34)24-15-12-22(2)13-16-24/h4-21H,3H2,1-2H3. The molecule has 0 unspecified atom stereocenters. The number of benzene rings is 4. The molecule has 5 rings (SSSR count). The Bertz CT molecular complexity index is 1630. The largest absolute Gasteiger partial charge is 0.494 e. The summed E-state index contributed by atoms with van der Waals surface area (Å²) >= 11 is 0. The number of rotatable bonds is 8. The van der Waals surface area contributed by atoms with E-state index in [0.29, 0.717) is 46.0 Å². The van der Waals surface area contributed by atoms with Crippen molar-refractivity contribution in [2.45, 2.75) is 13.8 Å². The topological polar surface area (TPSA) is 65.7 Å². The highest BCUT2D eigenvalue weighted by atomic mass is 16.5. The van der Waals surface area contributed by atoms with E-state index < -0.39 is 5.97 Å². The molecule has 0 spiro atoms. The second-order valence-corrected chi connectivity index (χ2v) is 8.79. The number of hydrogen-bond acceptors (Lipinski definition) is 5. The number of allylic oxidation sites excluding steroid dienone is 1. The summed E-state index contributed by atoms with van der Waals surface area (Å²) in [6.45, 7) is 4.38. The van der Waals surface area contributed by atoms with Gasteiger partial charge in [-0.05, 0) is 55.8 Å². The van der Waals surface area contributed by atoms with Crippen molar-refractivity contribution in [1.29, 1.82) is 0 Å². The molecule has 1 heterocycles. The molecule has 4 aromatic carbocycles. The number of carbonyl (C=O) groups excluding carboxylic acids is 2. The summed E-state index contributed by atoms with van der Waals surface area (Å²) < 4.78 is 17.6. The lowest BCUT2D eigenvalue weighted by molar-refractivity contribution is 0.0736. The lowest BCUT2D eigenvalue weighted by atomic mass is 10.1. The zero-order chi connectivity index (χ0) is 26.5. The minimum absolute atomic E-state index is 0.102. The van der Waals surface area contributed by atoms with Gasteiger partial charge in [0.2, 0.25) is 0 Å². The van der Waals surface area contributed by atoms with E-state index in [2.05, 4.69) is 0 Å². The van der Waals surface area contributed by atoms with Crippen LogP contribution in [0.5, 0.6) is 11.5 Å². The maximum absolute atomic E-state index is 13.5. The van der Waals surface area contributed by atoms with Gasteiger partial charge in [0.05, 0.1) is 6.61 Å². The van der Waals surface area contributed by atoms with Gasteiger partial charge in [-0.15, -0.1) is 0 Å². The first-order valence-corrected chi connectivity index (χ1v) is 12.4. The van der Waals surface area contributed by atoms with E-state index in [1.807, 2.05) is 68.4 Å². The molecule has 0 amide bonds. The first-order valence-electron chi connectivity index (χ1n) is 12.4. The Morgan fingerprint density at radius 2 is 1.63 bits per heavy atom. The van der Waals surface area contributed by atoms with Crippen LogP contribution in [0.15, 0.2) is 108 Å². The Morgan fingerprint density at radius 1 is 0.842 bits per heavy atom. The summed E-state index contributed by atoms with van der Waals surface area (Å²) in [5, 5.41) is 0.611. The van der Waals surface area contributed by atoms with Crippen molar-refractivity contribution in [3.63, 3.8) is 0 Å². The first kappa shape index (κ1) is 24.8. The second kappa shape index (κ2) is 11.0. The van der Waals surface area contributed by atoms with Gasteiger partial charge in [0.15, 0.2) is 5.78 Å². The molecule has 5 aromatic rings. The monoisotopic (exact) mass is 502 g/mol. The van der Waals surface area contributed by atoms with E-state index in [-0.39, 0.29) is 5.78 Å². The fourth-order valence-corrected chi connectivity index (χ4v) is 4.15. The Labute approximate surface area is 220 Å². The van der Waals surface area contributed by atoms with Crippen molar-refractivity contribution in [3.8, 4) is 22.8 Å². The lowest BCUT2D eigenvalue weighted by Crippen LogP contribution is -2.09. The van der Waals surface area contributed by atoms with Gasteiger partial charge in [-0.2, -0.15) is 0 Å². The second-order valence-electron chi connectivity index (χ2n) is 8.79. The van der Waals surface area contributed by atoms with Crippen molar-refractivity contribution in [2.24, 2.45) is 0 Å². The van der Waals surface area contributed by atoms with Crippen LogP contribution >= 0.6 is 0 Å². The molecule has 5 heteroatoms. The SMILES string of the molecule is CCOc1ccc2oc(-c3ccccc3)c(C(=O)Oc3cccc(C=CC(=O)c4ccc(C)cc4)c3)c2c1. The minimum Gasteiger partial charge on any atom is -0.494 e. The number of carbonyl (C=O) groups is 2. The van der Waals surface area contributed by atoms with Gasteiger partial charge in [0, 0.05) is 16.5 Å². The van der Waals surface area contributed by atoms with Crippen LogP contribution in [-0.4, -0.2) is 18.4 Å². The number of ether oxygens (including phenoxy) is 2. The van der Waals surface area contributed by atoms with Crippen LogP contribution in [0.25, 0.3) is 28.4 Å². The molecule has 0 N–H and O–H groups in total. The molecule has 0 fully saturated rings. The highest BCUT2D eigenvalue weighted by molar-refractivity contribution is 6.10. The van der Waals surface area contributed by atoms with Gasteiger partial charge in [0.1, 0.15) is 28.4 Å². The van der Waals surface area contributed by atoms with Crippen LogP contribution in [0.3, 0.4) is 0 Å². The van der Waals surface area contributed by atoms with Crippen LogP contribution in [-0.2, 0) is 0 Å². The number of furan rings is 1. The van der Waals surface area contributed by atoms with Gasteiger partial charge in [-0.25, -0.2) is 4.79 Å². The van der Waals surface area contributed by atoms with E-state index in [1.54, 1.807) is 48.5 Å². The average molecular weight is 503 g/mol.